The smallest absolute Gasteiger partial charge is 0.335 e. The fourth-order valence-electron chi connectivity index (χ4n) is 3.67. The molecule has 2 aromatic rings. The van der Waals surface area contributed by atoms with Crippen molar-refractivity contribution in [1.82, 2.24) is 10.6 Å². The predicted octanol–water partition coefficient (Wildman–Crippen LogP) is 3.40. The van der Waals surface area contributed by atoms with Gasteiger partial charge in [-0.05, 0) is 47.9 Å². The van der Waals surface area contributed by atoms with Gasteiger partial charge in [-0.3, -0.25) is 0 Å². The number of carboxylic acid groups (broad SMARTS) is 1. The van der Waals surface area contributed by atoms with Crippen LogP contribution in [0.1, 0.15) is 46.7 Å². The van der Waals surface area contributed by atoms with Gasteiger partial charge in [0.25, 0.3) is 0 Å². The molecule has 136 valence electrons. The summed E-state index contributed by atoms with van der Waals surface area (Å²) < 4.78 is 0. The molecule has 0 bridgehead atoms. The number of hydrogen-bond donors (Lipinski definition) is 3. The third-order valence-corrected chi connectivity index (χ3v) is 5.74. The first-order valence-corrected chi connectivity index (χ1v) is 9.47. The molecular formula is C22H26N2O2. The fraction of sp³-hybridized carbons (Fsp3) is 0.409. The highest BCUT2D eigenvalue weighted by Gasteiger charge is 2.45. The van der Waals surface area contributed by atoms with Gasteiger partial charge in [0.2, 0.25) is 0 Å². The van der Waals surface area contributed by atoms with Crippen molar-refractivity contribution < 1.29 is 9.90 Å². The quantitative estimate of drug-likeness (QED) is 0.649. The zero-order valence-corrected chi connectivity index (χ0v) is 14.9. The van der Waals surface area contributed by atoms with E-state index in [1.54, 1.807) is 12.1 Å². The summed E-state index contributed by atoms with van der Waals surface area (Å²) in [6, 6.07) is 18.6. The molecular weight excluding hydrogens is 324 g/mol. The molecule has 3 N–H and O–H groups in total. The minimum absolute atomic E-state index is 0.342. The van der Waals surface area contributed by atoms with Crippen molar-refractivity contribution in [1.29, 1.82) is 0 Å². The Morgan fingerprint density at radius 3 is 2.42 bits per heavy atom. The lowest BCUT2D eigenvalue weighted by atomic mass is 10.1. The van der Waals surface area contributed by atoms with Crippen molar-refractivity contribution in [2.45, 2.75) is 37.8 Å². The zero-order chi connectivity index (χ0) is 18.0. The number of nitrogens with one attached hydrogen (secondary N) is 2. The Morgan fingerprint density at radius 1 is 1.04 bits per heavy atom. The van der Waals surface area contributed by atoms with Crippen LogP contribution in [-0.2, 0) is 6.54 Å². The summed E-state index contributed by atoms with van der Waals surface area (Å²) in [7, 11) is 0. The summed E-state index contributed by atoms with van der Waals surface area (Å²) in [5, 5.41) is 16.3. The summed E-state index contributed by atoms with van der Waals surface area (Å²) in [6.45, 7) is 2.90. The number of rotatable bonds is 9. The fourth-order valence-corrected chi connectivity index (χ4v) is 3.67. The molecule has 1 unspecified atom stereocenters. The molecule has 26 heavy (non-hydrogen) atoms. The number of carbonyl (C=O) groups is 1. The molecule has 0 heterocycles. The highest BCUT2D eigenvalue weighted by Crippen LogP contribution is 2.46. The van der Waals surface area contributed by atoms with Gasteiger partial charge in [0.15, 0.2) is 0 Å². The van der Waals surface area contributed by atoms with E-state index in [2.05, 4.69) is 41.0 Å². The summed E-state index contributed by atoms with van der Waals surface area (Å²) in [4.78, 5) is 10.9. The molecule has 0 aromatic heterocycles. The van der Waals surface area contributed by atoms with Crippen LogP contribution in [0.5, 0.6) is 0 Å². The van der Waals surface area contributed by atoms with Crippen LogP contribution in [0, 0.1) is 5.41 Å². The molecule has 2 atom stereocenters. The highest BCUT2D eigenvalue weighted by atomic mass is 16.4. The molecule has 0 radical (unpaired) electrons. The number of aromatic carboxylic acids is 1. The maximum Gasteiger partial charge on any atom is 0.335 e. The van der Waals surface area contributed by atoms with Gasteiger partial charge in [0.05, 0.1) is 5.56 Å². The third-order valence-electron chi connectivity index (χ3n) is 5.74. The van der Waals surface area contributed by atoms with Gasteiger partial charge >= 0.3 is 5.97 Å². The first kappa shape index (κ1) is 17.3. The Bertz CT molecular complexity index is 753. The second-order valence-electron chi connectivity index (χ2n) is 7.85. The van der Waals surface area contributed by atoms with E-state index >= 15 is 0 Å². The highest BCUT2D eigenvalue weighted by molar-refractivity contribution is 5.87. The Morgan fingerprint density at radius 2 is 1.77 bits per heavy atom. The van der Waals surface area contributed by atoms with Gasteiger partial charge in [-0.15, -0.1) is 0 Å². The number of hydrogen-bond acceptors (Lipinski definition) is 3. The van der Waals surface area contributed by atoms with Gasteiger partial charge in [-0.25, -0.2) is 4.79 Å². The third kappa shape index (κ3) is 4.14. The molecule has 0 spiro atoms. The Labute approximate surface area is 154 Å². The first-order valence-electron chi connectivity index (χ1n) is 9.47. The second kappa shape index (κ2) is 7.22. The molecule has 4 nitrogen and oxygen atoms in total. The number of carboxylic acids is 1. The van der Waals surface area contributed by atoms with Crippen LogP contribution in [0.4, 0.5) is 0 Å². The number of benzene rings is 2. The van der Waals surface area contributed by atoms with E-state index in [1.807, 2.05) is 12.1 Å². The van der Waals surface area contributed by atoms with Crippen LogP contribution in [0.25, 0.3) is 0 Å². The van der Waals surface area contributed by atoms with E-state index in [0.717, 1.165) is 25.2 Å². The molecule has 0 amide bonds. The second-order valence-corrected chi connectivity index (χ2v) is 7.85. The van der Waals surface area contributed by atoms with Crippen molar-refractivity contribution >= 4 is 5.97 Å². The van der Waals surface area contributed by atoms with E-state index in [1.165, 1.54) is 24.8 Å². The van der Waals surface area contributed by atoms with Crippen LogP contribution >= 0.6 is 0 Å². The van der Waals surface area contributed by atoms with Crippen LogP contribution in [0.2, 0.25) is 0 Å². The lowest BCUT2D eigenvalue weighted by Gasteiger charge is -2.17. The predicted molar refractivity (Wildman–Crippen MR) is 102 cm³/mol. The van der Waals surface area contributed by atoms with E-state index in [4.69, 9.17) is 5.11 Å². The lowest BCUT2D eigenvalue weighted by Crippen LogP contribution is -2.34. The Balaban J connectivity index is 1.19. The average Bonchev–Trinajstić information content (AvgIpc) is 3.57. The summed E-state index contributed by atoms with van der Waals surface area (Å²) in [6.07, 6.45) is 3.82. The van der Waals surface area contributed by atoms with E-state index in [-0.39, 0.29) is 0 Å². The van der Waals surface area contributed by atoms with Crippen molar-refractivity contribution in [2.24, 2.45) is 5.41 Å². The lowest BCUT2D eigenvalue weighted by molar-refractivity contribution is 0.0697. The Hall–Kier alpha value is -2.17. The van der Waals surface area contributed by atoms with Crippen molar-refractivity contribution in [3.8, 4) is 0 Å². The van der Waals surface area contributed by atoms with Crippen LogP contribution in [-0.4, -0.2) is 30.2 Å². The van der Waals surface area contributed by atoms with Gasteiger partial charge < -0.3 is 15.7 Å². The van der Waals surface area contributed by atoms with Gasteiger partial charge in [-0.2, -0.15) is 0 Å². The van der Waals surface area contributed by atoms with Crippen LogP contribution in [0.15, 0.2) is 54.6 Å². The molecule has 4 rings (SSSR count). The average molecular weight is 350 g/mol. The topological polar surface area (TPSA) is 61.4 Å². The molecule has 0 saturated heterocycles. The van der Waals surface area contributed by atoms with Crippen LogP contribution < -0.4 is 10.6 Å². The van der Waals surface area contributed by atoms with E-state index in [9.17, 15) is 4.79 Å². The summed E-state index contributed by atoms with van der Waals surface area (Å²) >= 11 is 0. The van der Waals surface area contributed by atoms with Crippen LogP contribution in [0.3, 0.4) is 0 Å². The first-order chi connectivity index (χ1) is 12.7. The monoisotopic (exact) mass is 350 g/mol. The van der Waals surface area contributed by atoms with E-state index < -0.39 is 5.97 Å². The van der Waals surface area contributed by atoms with Gasteiger partial charge in [0.1, 0.15) is 0 Å². The minimum atomic E-state index is -0.874. The summed E-state index contributed by atoms with van der Waals surface area (Å²) in [5.74, 6) is -0.186. The van der Waals surface area contributed by atoms with Crippen molar-refractivity contribution in [3.05, 3.63) is 71.3 Å². The largest absolute Gasteiger partial charge is 0.478 e. The van der Waals surface area contributed by atoms with Gasteiger partial charge in [-0.1, -0.05) is 42.5 Å². The van der Waals surface area contributed by atoms with Crippen molar-refractivity contribution in [3.63, 3.8) is 0 Å². The maximum absolute atomic E-state index is 10.9. The molecule has 2 fully saturated rings. The maximum atomic E-state index is 10.9. The minimum Gasteiger partial charge on any atom is -0.478 e. The van der Waals surface area contributed by atoms with Gasteiger partial charge in [0, 0.05) is 31.6 Å². The summed E-state index contributed by atoms with van der Waals surface area (Å²) in [5.41, 5.74) is 3.34. The molecule has 2 saturated carbocycles. The molecule has 2 aliphatic carbocycles. The Kier molecular flexibility index (Phi) is 4.79. The molecule has 0 aliphatic heterocycles. The molecule has 2 aliphatic rings. The molecule has 4 heteroatoms. The standard InChI is InChI=1S/C22H26N2O2/c25-21(26)18-8-6-16(7-9-18)13-23-14-22(10-11-22)15-24-20-12-19(20)17-4-2-1-3-5-17/h1-9,19-20,23-24H,10-15H2,(H,25,26)/t19?,20-/m0/s1. The normalized spacial score (nSPS) is 22.8. The van der Waals surface area contributed by atoms with Crippen molar-refractivity contribution in [2.75, 3.05) is 13.1 Å². The zero-order valence-electron chi connectivity index (χ0n) is 14.9. The van der Waals surface area contributed by atoms with E-state index in [0.29, 0.717) is 22.9 Å². The SMILES string of the molecule is O=C(O)c1ccc(CNCC2(CN[C@H]3CC3c3ccccc3)CC2)cc1. The molecule has 2 aromatic carbocycles.